The third-order valence-electron chi connectivity index (χ3n) is 5.62. The van der Waals surface area contributed by atoms with Crippen LogP contribution in [0.3, 0.4) is 0 Å². The summed E-state index contributed by atoms with van der Waals surface area (Å²) in [4.78, 5) is 27.3. The highest BCUT2D eigenvalue weighted by atomic mass is 35.5. The van der Waals surface area contributed by atoms with Gasteiger partial charge in [0.15, 0.2) is 0 Å². The predicted molar refractivity (Wildman–Crippen MR) is 139 cm³/mol. The first-order chi connectivity index (χ1) is 16.5. The molecule has 35 heavy (non-hydrogen) atoms. The molecule has 0 radical (unpaired) electrons. The van der Waals surface area contributed by atoms with Crippen molar-refractivity contribution < 1.29 is 22.7 Å². The number of nitrogens with one attached hydrogen (secondary N) is 1. The number of amides is 2. The number of methoxy groups -OCH3 is 1. The molecule has 0 heterocycles. The maximum atomic E-state index is 13.2. The average molecular weight is 524 g/mol. The third kappa shape index (κ3) is 8.14. The van der Waals surface area contributed by atoms with Crippen LogP contribution in [0.25, 0.3) is 0 Å². The van der Waals surface area contributed by atoms with Crippen LogP contribution in [0.4, 0.5) is 5.69 Å². The fourth-order valence-corrected chi connectivity index (χ4v) is 4.85. The number of carbonyl (C=O) groups is 2. The van der Waals surface area contributed by atoms with Gasteiger partial charge in [-0.25, -0.2) is 8.42 Å². The van der Waals surface area contributed by atoms with Crippen LogP contribution in [0.5, 0.6) is 5.75 Å². The molecule has 1 N–H and O–H groups in total. The molecule has 1 atom stereocenters. The maximum Gasteiger partial charge on any atom is 0.242 e. The third-order valence-corrected chi connectivity index (χ3v) is 7.04. The summed E-state index contributed by atoms with van der Waals surface area (Å²) in [6.45, 7) is 6.11. The number of aryl methyl sites for hydroxylation is 1. The monoisotopic (exact) mass is 523 g/mol. The van der Waals surface area contributed by atoms with Crippen molar-refractivity contribution in [2.24, 2.45) is 0 Å². The van der Waals surface area contributed by atoms with Crippen molar-refractivity contribution in [3.05, 3.63) is 58.6 Å². The van der Waals surface area contributed by atoms with Crippen molar-refractivity contribution in [2.75, 3.05) is 30.8 Å². The van der Waals surface area contributed by atoms with Crippen molar-refractivity contribution in [3.63, 3.8) is 0 Å². The van der Waals surface area contributed by atoms with Gasteiger partial charge in [-0.1, -0.05) is 29.8 Å². The number of hydrogen-bond acceptors (Lipinski definition) is 5. The molecule has 0 fully saturated rings. The first kappa shape index (κ1) is 28.5. The van der Waals surface area contributed by atoms with Crippen molar-refractivity contribution in [1.29, 1.82) is 0 Å². The van der Waals surface area contributed by atoms with Crippen molar-refractivity contribution in [1.82, 2.24) is 10.2 Å². The normalized spacial score (nSPS) is 12.1. The van der Waals surface area contributed by atoms with Gasteiger partial charge >= 0.3 is 0 Å². The zero-order valence-corrected chi connectivity index (χ0v) is 22.4. The Hall–Kier alpha value is -2.78. The molecule has 0 unspecified atom stereocenters. The number of carbonyl (C=O) groups excluding carboxylic acids is 2. The fraction of sp³-hybridized carbons (Fsp3) is 0.440. The summed E-state index contributed by atoms with van der Waals surface area (Å²) in [7, 11) is -2.02. The van der Waals surface area contributed by atoms with E-state index < -0.39 is 16.1 Å². The summed E-state index contributed by atoms with van der Waals surface area (Å²) in [5, 5.41) is 3.19. The molecule has 0 aliphatic heterocycles. The lowest BCUT2D eigenvalue weighted by atomic mass is 10.1. The van der Waals surface area contributed by atoms with E-state index in [2.05, 4.69) is 5.32 Å². The van der Waals surface area contributed by atoms with Gasteiger partial charge in [-0.15, -0.1) is 0 Å². The van der Waals surface area contributed by atoms with E-state index in [4.69, 9.17) is 16.3 Å². The number of ether oxygens (including phenoxy) is 1. The van der Waals surface area contributed by atoms with Crippen LogP contribution in [0, 0.1) is 6.92 Å². The van der Waals surface area contributed by atoms with E-state index in [9.17, 15) is 18.0 Å². The molecule has 0 spiro atoms. The number of benzene rings is 2. The summed E-state index contributed by atoms with van der Waals surface area (Å²) >= 11 is 6.10. The molecule has 0 saturated carbocycles. The summed E-state index contributed by atoms with van der Waals surface area (Å²) in [6, 6.07) is 11.7. The molecule has 0 saturated heterocycles. The maximum absolute atomic E-state index is 13.2. The van der Waals surface area contributed by atoms with Gasteiger partial charge in [0.1, 0.15) is 11.8 Å². The molecule has 0 aliphatic rings. The molecule has 2 amide bonds. The molecular formula is C25H34ClN3O5S. The largest absolute Gasteiger partial charge is 0.497 e. The Morgan fingerprint density at radius 2 is 1.80 bits per heavy atom. The first-order valence-electron chi connectivity index (χ1n) is 11.4. The van der Waals surface area contributed by atoms with E-state index >= 15 is 0 Å². The number of anilines is 1. The predicted octanol–water partition coefficient (Wildman–Crippen LogP) is 3.76. The Balaban J connectivity index is 2.19. The van der Waals surface area contributed by atoms with Gasteiger partial charge in [0.2, 0.25) is 21.8 Å². The lowest BCUT2D eigenvalue weighted by molar-refractivity contribution is -0.140. The highest BCUT2D eigenvalue weighted by Crippen LogP contribution is 2.27. The molecule has 0 aliphatic carbocycles. The zero-order chi connectivity index (χ0) is 26.2. The van der Waals surface area contributed by atoms with Gasteiger partial charge in [-0.05, 0) is 62.6 Å². The smallest absolute Gasteiger partial charge is 0.242 e. The van der Waals surface area contributed by atoms with Crippen molar-refractivity contribution >= 4 is 39.1 Å². The second-order valence-electron chi connectivity index (χ2n) is 8.31. The minimum Gasteiger partial charge on any atom is -0.497 e. The standard InChI is InChI=1S/C25H34ClN3O5S/c1-6-27-25(31)19(3)28(17-20-10-13-22(34-4)14-11-20)24(30)8-7-15-29(35(5,32)33)23-16-21(26)12-9-18(23)2/h9-14,16,19H,6-8,15,17H2,1-5H3,(H,27,31)/t19-/m1/s1. The summed E-state index contributed by atoms with van der Waals surface area (Å²) in [5.41, 5.74) is 2.10. The number of halogens is 1. The zero-order valence-electron chi connectivity index (χ0n) is 20.9. The van der Waals surface area contributed by atoms with Crippen LogP contribution in [-0.4, -0.2) is 57.6 Å². The highest BCUT2D eigenvalue weighted by Gasteiger charge is 2.26. The molecular weight excluding hydrogens is 490 g/mol. The van der Waals surface area contributed by atoms with Crippen molar-refractivity contribution in [3.8, 4) is 5.75 Å². The van der Waals surface area contributed by atoms with Crippen LogP contribution in [0.15, 0.2) is 42.5 Å². The highest BCUT2D eigenvalue weighted by molar-refractivity contribution is 7.92. The Labute approximate surface area is 213 Å². The van der Waals surface area contributed by atoms with Gasteiger partial charge in [0.05, 0.1) is 19.1 Å². The lowest BCUT2D eigenvalue weighted by Gasteiger charge is -2.29. The van der Waals surface area contributed by atoms with Gasteiger partial charge in [-0.3, -0.25) is 13.9 Å². The Morgan fingerprint density at radius 3 is 2.37 bits per heavy atom. The topological polar surface area (TPSA) is 96.0 Å². The number of likely N-dealkylation sites (N-methyl/N-ethyl adjacent to an activating group) is 1. The summed E-state index contributed by atoms with van der Waals surface area (Å²) < 4.78 is 31.4. The van der Waals surface area contributed by atoms with E-state index in [1.807, 2.05) is 19.1 Å². The van der Waals surface area contributed by atoms with Crippen LogP contribution in [0.2, 0.25) is 5.02 Å². The minimum atomic E-state index is -3.59. The van der Waals surface area contributed by atoms with Crippen LogP contribution in [-0.2, 0) is 26.2 Å². The average Bonchev–Trinajstić information content (AvgIpc) is 2.81. The summed E-state index contributed by atoms with van der Waals surface area (Å²) in [5.74, 6) is 0.207. The number of nitrogens with zero attached hydrogens (tertiary/aromatic N) is 2. The van der Waals surface area contributed by atoms with Gasteiger partial charge in [0, 0.05) is 31.1 Å². The van der Waals surface area contributed by atoms with Crippen LogP contribution in [0.1, 0.15) is 37.8 Å². The Kier molecular flexibility index (Phi) is 10.4. The molecule has 192 valence electrons. The first-order valence-corrected chi connectivity index (χ1v) is 13.6. The van der Waals surface area contributed by atoms with Crippen molar-refractivity contribution in [2.45, 2.75) is 46.2 Å². The lowest BCUT2D eigenvalue weighted by Crippen LogP contribution is -2.47. The molecule has 2 aromatic carbocycles. The van der Waals surface area contributed by atoms with Crippen LogP contribution >= 0.6 is 11.6 Å². The number of rotatable bonds is 12. The van der Waals surface area contributed by atoms with Gasteiger partial charge in [0.25, 0.3) is 0 Å². The van der Waals surface area contributed by atoms with E-state index in [-0.39, 0.29) is 37.7 Å². The molecule has 8 nitrogen and oxygen atoms in total. The van der Waals surface area contributed by atoms with E-state index in [0.717, 1.165) is 17.4 Å². The number of sulfonamides is 1. The quantitative estimate of drug-likeness (QED) is 0.457. The van der Waals surface area contributed by atoms with Gasteiger partial charge < -0.3 is 15.0 Å². The van der Waals surface area contributed by atoms with E-state index in [1.54, 1.807) is 51.3 Å². The molecule has 0 aromatic heterocycles. The van der Waals surface area contributed by atoms with Crippen LogP contribution < -0.4 is 14.4 Å². The molecule has 10 heteroatoms. The Bertz CT molecular complexity index is 1120. The molecule has 2 rings (SSSR count). The second kappa shape index (κ2) is 12.8. The molecule has 0 bridgehead atoms. The van der Waals surface area contributed by atoms with Gasteiger partial charge in [-0.2, -0.15) is 0 Å². The molecule has 2 aromatic rings. The fourth-order valence-electron chi connectivity index (χ4n) is 3.67. The van der Waals surface area contributed by atoms with E-state index in [1.165, 1.54) is 9.21 Å². The SMILES string of the molecule is CCNC(=O)[C@@H](C)N(Cc1ccc(OC)cc1)C(=O)CCCN(c1cc(Cl)ccc1C)S(C)(=O)=O. The Morgan fingerprint density at radius 1 is 1.14 bits per heavy atom. The minimum absolute atomic E-state index is 0.0749. The van der Waals surface area contributed by atoms with E-state index in [0.29, 0.717) is 23.0 Å². The summed E-state index contributed by atoms with van der Waals surface area (Å²) in [6.07, 6.45) is 1.48. The number of hydrogen-bond donors (Lipinski definition) is 1. The second-order valence-corrected chi connectivity index (χ2v) is 10.7.